The average molecular weight is 537 g/mol. The van der Waals surface area contributed by atoms with E-state index in [4.69, 9.17) is 4.74 Å². The number of fused-ring (bicyclic) bond motifs is 6. The molecule has 0 aromatic rings. The van der Waals surface area contributed by atoms with Crippen LogP contribution in [0.5, 0.6) is 0 Å². The summed E-state index contributed by atoms with van der Waals surface area (Å²) in [5.41, 5.74) is -8.80. The number of rotatable bonds is 5. The molecule has 0 aromatic heterocycles. The van der Waals surface area contributed by atoms with Crippen LogP contribution in [0.1, 0.15) is 92.4 Å². The number of aliphatic hydroxyl groups excluding tert-OH is 1. The predicted octanol–water partition coefficient (Wildman–Crippen LogP) is 1.29. The maximum absolute atomic E-state index is 13.6. The Morgan fingerprint density at radius 1 is 1.03 bits per heavy atom. The van der Waals surface area contributed by atoms with Crippen molar-refractivity contribution in [3.05, 3.63) is 11.6 Å². The molecule has 1 aliphatic heterocycles. The fourth-order valence-corrected chi connectivity index (χ4v) is 9.24. The van der Waals surface area contributed by atoms with Crippen molar-refractivity contribution in [3.8, 4) is 0 Å². The van der Waals surface area contributed by atoms with Crippen LogP contribution in [0.2, 0.25) is 0 Å². The molecule has 10 atom stereocenters. The summed E-state index contributed by atoms with van der Waals surface area (Å²) in [6.07, 6.45) is 1.06. The first-order valence-electron chi connectivity index (χ1n) is 14.0. The number of hydrogen-bond acceptors (Lipinski definition) is 9. The smallest absolute Gasteiger partial charge is 0.309 e. The molecule has 0 bridgehead atoms. The van der Waals surface area contributed by atoms with Gasteiger partial charge < -0.3 is 35.4 Å². The number of aliphatic hydroxyl groups is 6. The third kappa shape index (κ3) is 3.58. The molecule has 0 radical (unpaired) electrons. The van der Waals surface area contributed by atoms with Gasteiger partial charge in [-0.15, -0.1) is 0 Å². The third-order valence-corrected chi connectivity index (χ3v) is 11.6. The van der Waals surface area contributed by atoms with Crippen LogP contribution in [0.15, 0.2) is 11.6 Å². The highest BCUT2D eigenvalue weighted by molar-refractivity contribution is 6.00. The van der Waals surface area contributed by atoms with Gasteiger partial charge in [0.2, 0.25) is 0 Å². The first-order chi connectivity index (χ1) is 17.2. The van der Waals surface area contributed by atoms with Crippen molar-refractivity contribution < 1.29 is 45.0 Å². The van der Waals surface area contributed by atoms with Gasteiger partial charge in [-0.1, -0.05) is 13.8 Å². The van der Waals surface area contributed by atoms with Crippen molar-refractivity contribution in [2.24, 2.45) is 22.7 Å². The molecule has 5 rings (SSSR count). The van der Waals surface area contributed by atoms with E-state index in [-0.39, 0.29) is 32.1 Å². The van der Waals surface area contributed by atoms with Gasteiger partial charge in [0.1, 0.15) is 17.3 Å². The lowest BCUT2D eigenvalue weighted by atomic mass is 9.43. The van der Waals surface area contributed by atoms with Crippen molar-refractivity contribution in [2.45, 2.75) is 133 Å². The Morgan fingerprint density at radius 2 is 1.68 bits per heavy atom. The van der Waals surface area contributed by atoms with Crippen LogP contribution in [0, 0.1) is 22.7 Å². The number of esters is 1. The molecule has 214 valence electrons. The molecular formula is C29H44O9. The minimum absolute atomic E-state index is 0.00967. The maximum atomic E-state index is 13.6. The molecule has 0 aromatic carbocycles. The molecule has 4 aliphatic carbocycles. The van der Waals surface area contributed by atoms with Gasteiger partial charge >= 0.3 is 5.97 Å². The zero-order valence-corrected chi connectivity index (χ0v) is 23.2. The van der Waals surface area contributed by atoms with E-state index in [0.717, 1.165) is 0 Å². The van der Waals surface area contributed by atoms with Gasteiger partial charge in [0.15, 0.2) is 5.78 Å². The quantitative estimate of drug-likeness (QED) is 0.284. The number of hydrogen-bond donors (Lipinski definition) is 6. The lowest BCUT2D eigenvalue weighted by Crippen LogP contribution is -2.70. The Kier molecular flexibility index (Phi) is 6.01. The Morgan fingerprint density at radius 3 is 2.32 bits per heavy atom. The second kappa shape index (κ2) is 8.10. The lowest BCUT2D eigenvalue weighted by Gasteiger charge is -2.63. The second-order valence-electron chi connectivity index (χ2n) is 14.4. The highest BCUT2D eigenvalue weighted by Crippen LogP contribution is 2.70. The largest absolute Gasteiger partial charge is 0.459 e. The zero-order chi connectivity index (χ0) is 28.3. The molecule has 1 unspecified atom stereocenters. The first-order valence-corrected chi connectivity index (χ1v) is 14.0. The van der Waals surface area contributed by atoms with E-state index in [1.165, 1.54) is 6.08 Å². The van der Waals surface area contributed by atoms with Crippen LogP contribution in [0.3, 0.4) is 0 Å². The summed E-state index contributed by atoms with van der Waals surface area (Å²) >= 11 is 0. The fourth-order valence-electron chi connectivity index (χ4n) is 9.24. The van der Waals surface area contributed by atoms with Crippen molar-refractivity contribution in [1.82, 2.24) is 0 Å². The van der Waals surface area contributed by atoms with Gasteiger partial charge in [0.05, 0.1) is 29.3 Å². The minimum atomic E-state index is -1.84. The Labute approximate surface area is 223 Å². The normalized spacial score (nSPS) is 48.7. The van der Waals surface area contributed by atoms with Gasteiger partial charge in [0.25, 0.3) is 0 Å². The van der Waals surface area contributed by atoms with E-state index in [0.29, 0.717) is 31.3 Å². The van der Waals surface area contributed by atoms with E-state index in [1.807, 2.05) is 6.92 Å². The molecule has 0 amide bonds. The molecule has 6 N–H and O–H groups in total. The van der Waals surface area contributed by atoms with E-state index in [2.05, 4.69) is 0 Å². The van der Waals surface area contributed by atoms with E-state index >= 15 is 0 Å². The molecule has 1 heterocycles. The number of ether oxygens (including phenoxy) is 1. The van der Waals surface area contributed by atoms with Crippen LogP contribution in [-0.2, 0) is 14.3 Å². The molecule has 9 heteroatoms. The van der Waals surface area contributed by atoms with Gasteiger partial charge in [-0.2, -0.15) is 0 Å². The fraction of sp³-hybridized carbons (Fsp3) is 0.862. The third-order valence-electron chi connectivity index (χ3n) is 11.6. The van der Waals surface area contributed by atoms with Gasteiger partial charge in [-0.05, 0) is 89.2 Å². The van der Waals surface area contributed by atoms with Gasteiger partial charge in [-0.25, -0.2) is 0 Å². The van der Waals surface area contributed by atoms with Crippen molar-refractivity contribution in [3.63, 3.8) is 0 Å². The van der Waals surface area contributed by atoms with Crippen molar-refractivity contribution in [1.29, 1.82) is 0 Å². The minimum Gasteiger partial charge on any atom is -0.459 e. The molecule has 5 aliphatic rings. The summed E-state index contributed by atoms with van der Waals surface area (Å²) in [5, 5.41) is 68.3. The van der Waals surface area contributed by atoms with E-state index in [9.17, 15) is 40.2 Å². The van der Waals surface area contributed by atoms with E-state index < -0.39 is 74.6 Å². The van der Waals surface area contributed by atoms with Crippen molar-refractivity contribution >= 4 is 11.8 Å². The zero-order valence-electron chi connectivity index (χ0n) is 23.2. The molecular weight excluding hydrogens is 492 g/mol. The summed E-state index contributed by atoms with van der Waals surface area (Å²) in [4.78, 5) is 25.7. The summed E-state index contributed by atoms with van der Waals surface area (Å²) in [6.45, 7) is 8.56. The number of carbonyl (C=O) groups is 2. The first kappa shape index (κ1) is 28.2. The van der Waals surface area contributed by atoms with Crippen LogP contribution >= 0.6 is 0 Å². The summed E-state index contributed by atoms with van der Waals surface area (Å²) in [5.74, 6) is -2.02. The van der Waals surface area contributed by atoms with Crippen molar-refractivity contribution in [2.75, 3.05) is 0 Å². The van der Waals surface area contributed by atoms with Crippen LogP contribution < -0.4 is 0 Å². The summed E-state index contributed by atoms with van der Waals surface area (Å²) < 4.78 is 5.29. The second-order valence-corrected chi connectivity index (χ2v) is 14.4. The SMILES string of the molecule is CC(C)(O)CC[C@@H](O)[C@](C)(O)[C@H]1CC[C@@]2(O)C3=CC(=O)[C@]4(O)C[C@H]5OC(=O)C[C@@]5(O)C[C@]4(C)C3CC[C@]12C. The highest BCUT2D eigenvalue weighted by Gasteiger charge is 2.74. The van der Waals surface area contributed by atoms with Crippen LogP contribution in [0.25, 0.3) is 0 Å². The Balaban J connectivity index is 1.50. The molecule has 38 heavy (non-hydrogen) atoms. The highest BCUT2D eigenvalue weighted by atomic mass is 16.6. The number of carbonyl (C=O) groups excluding carboxylic acids is 2. The lowest BCUT2D eigenvalue weighted by molar-refractivity contribution is -0.224. The van der Waals surface area contributed by atoms with E-state index in [1.54, 1.807) is 27.7 Å². The Hall–Kier alpha value is -1.36. The summed E-state index contributed by atoms with van der Waals surface area (Å²) in [7, 11) is 0. The monoisotopic (exact) mass is 536 g/mol. The standard InChI is InChI=1S/C29H44O9/c1-23(2,33)9-8-19(30)26(5,34)18-7-11-28(36)17-12-20(31)29(37)13-21-27(35,14-22(32)38-21)15-25(29,4)16(17)6-10-24(18,28)3/h12,16,18-19,21,30,33-37H,6-11,13-15H2,1-5H3/t16?,18-,19+,21+,24+,25+,26+,27+,28+,29+/m0/s1. The summed E-state index contributed by atoms with van der Waals surface area (Å²) in [6, 6.07) is 0. The predicted molar refractivity (Wildman–Crippen MR) is 135 cm³/mol. The van der Waals surface area contributed by atoms with Gasteiger partial charge in [0, 0.05) is 17.3 Å². The molecule has 0 spiro atoms. The van der Waals surface area contributed by atoms with Gasteiger partial charge in [-0.3, -0.25) is 9.59 Å². The molecule has 1 saturated heterocycles. The topological polar surface area (TPSA) is 165 Å². The maximum Gasteiger partial charge on any atom is 0.309 e. The Bertz CT molecular complexity index is 1080. The molecule has 9 nitrogen and oxygen atoms in total. The molecule has 4 fully saturated rings. The number of ketones is 1. The molecule has 3 saturated carbocycles. The van der Waals surface area contributed by atoms with Crippen LogP contribution in [0.4, 0.5) is 0 Å². The average Bonchev–Trinajstić information content (AvgIpc) is 3.22. The van der Waals surface area contributed by atoms with Crippen LogP contribution in [-0.4, -0.2) is 82.6 Å².